The standard InChI is InChI=1S/C12H16N4O2/c1-3-9-12(18)15-11(17)6-16(9)10-5-4-8(13)7(2)14-10/h4-5,9H,3,6,13H2,1-2H3,(H,15,17,18). The highest BCUT2D eigenvalue weighted by Gasteiger charge is 2.33. The van der Waals surface area contributed by atoms with E-state index in [-0.39, 0.29) is 24.4 Å². The van der Waals surface area contributed by atoms with E-state index in [1.165, 1.54) is 0 Å². The molecular weight excluding hydrogens is 232 g/mol. The lowest BCUT2D eigenvalue weighted by Gasteiger charge is -2.34. The summed E-state index contributed by atoms with van der Waals surface area (Å²) in [5.41, 5.74) is 7.00. The number of carbonyl (C=O) groups excluding carboxylic acids is 2. The van der Waals surface area contributed by atoms with Crippen LogP contribution in [0.5, 0.6) is 0 Å². The predicted octanol–water partition coefficient (Wildman–Crippen LogP) is 0.214. The SMILES string of the molecule is CCC1C(=O)NC(=O)CN1c1ccc(N)c(C)n1. The van der Waals surface area contributed by atoms with Gasteiger partial charge in [-0.1, -0.05) is 6.92 Å². The van der Waals surface area contributed by atoms with E-state index in [0.717, 1.165) is 0 Å². The van der Waals surface area contributed by atoms with Crippen LogP contribution in [0.4, 0.5) is 11.5 Å². The van der Waals surface area contributed by atoms with Crippen molar-refractivity contribution in [3.63, 3.8) is 0 Å². The van der Waals surface area contributed by atoms with E-state index in [2.05, 4.69) is 10.3 Å². The number of amides is 2. The number of rotatable bonds is 2. The van der Waals surface area contributed by atoms with Gasteiger partial charge in [-0.15, -0.1) is 0 Å². The van der Waals surface area contributed by atoms with E-state index in [9.17, 15) is 9.59 Å². The Morgan fingerprint density at radius 1 is 1.50 bits per heavy atom. The minimum Gasteiger partial charge on any atom is -0.397 e. The van der Waals surface area contributed by atoms with Crippen LogP contribution in [0.25, 0.3) is 0 Å². The third-order valence-electron chi connectivity index (χ3n) is 3.05. The van der Waals surface area contributed by atoms with Gasteiger partial charge in [-0.3, -0.25) is 14.9 Å². The van der Waals surface area contributed by atoms with Crippen molar-refractivity contribution < 1.29 is 9.59 Å². The predicted molar refractivity (Wildman–Crippen MR) is 68.0 cm³/mol. The highest BCUT2D eigenvalue weighted by Crippen LogP contribution is 2.21. The van der Waals surface area contributed by atoms with Gasteiger partial charge in [0.2, 0.25) is 11.8 Å². The molecule has 0 saturated carbocycles. The molecule has 1 aliphatic rings. The molecule has 1 aromatic heterocycles. The number of nitrogens with zero attached hydrogens (tertiary/aromatic N) is 2. The van der Waals surface area contributed by atoms with Gasteiger partial charge < -0.3 is 10.6 Å². The summed E-state index contributed by atoms with van der Waals surface area (Å²) in [4.78, 5) is 29.2. The molecule has 6 nitrogen and oxygen atoms in total. The van der Waals surface area contributed by atoms with E-state index in [1.807, 2.05) is 6.92 Å². The van der Waals surface area contributed by atoms with Crippen molar-refractivity contribution in [2.45, 2.75) is 26.3 Å². The molecule has 1 aromatic rings. The Morgan fingerprint density at radius 2 is 2.22 bits per heavy atom. The zero-order valence-corrected chi connectivity index (χ0v) is 10.4. The van der Waals surface area contributed by atoms with Crippen LogP contribution in [0.1, 0.15) is 19.0 Å². The van der Waals surface area contributed by atoms with Crippen molar-refractivity contribution >= 4 is 23.3 Å². The van der Waals surface area contributed by atoms with Crippen molar-refractivity contribution in [3.8, 4) is 0 Å². The molecule has 6 heteroatoms. The van der Waals surface area contributed by atoms with Gasteiger partial charge in [0.05, 0.1) is 17.9 Å². The van der Waals surface area contributed by atoms with Crippen molar-refractivity contribution in [2.75, 3.05) is 17.2 Å². The van der Waals surface area contributed by atoms with Crippen molar-refractivity contribution in [2.24, 2.45) is 0 Å². The molecule has 0 aromatic carbocycles. The highest BCUT2D eigenvalue weighted by molar-refractivity contribution is 6.04. The van der Waals surface area contributed by atoms with Gasteiger partial charge in [0.15, 0.2) is 0 Å². The Balaban J connectivity index is 2.36. The summed E-state index contributed by atoms with van der Waals surface area (Å²) >= 11 is 0. The summed E-state index contributed by atoms with van der Waals surface area (Å²) in [6.07, 6.45) is 0.615. The smallest absolute Gasteiger partial charge is 0.249 e. The molecular formula is C12H16N4O2. The van der Waals surface area contributed by atoms with E-state index in [1.54, 1.807) is 24.0 Å². The van der Waals surface area contributed by atoms with E-state index in [0.29, 0.717) is 23.6 Å². The van der Waals surface area contributed by atoms with Gasteiger partial charge in [0.25, 0.3) is 0 Å². The van der Waals surface area contributed by atoms with Crippen LogP contribution < -0.4 is 16.0 Å². The van der Waals surface area contributed by atoms with Gasteiger partial charge in [-0.25, -0.2) is 4.98 Å². The number of nitrogens with one attached hydrogen (secondary N) is 1. The quantitative estimate of drug-likeness (QED) is 0.731. The molecule has 2 amide bonds. The molecule has 96 valence electrons. The van der Waals surface area contributed by atoms with Crippen LogP contribution in [0.3, 0.4) is 0 Å². The number of hydrogen-bond donors (Lipinski definition) is 2. The maximum atomic E-state index is 11.7. The van der Waals surface area contributed by atoms with Crippen LogP contribution >= 0.6 is 0 Å². The summed E-state index contributed by atoms with van der Waals surface area (Å²) in [6, 6.07) is 3.11. The molecule has 2 heterocycles. The first kappa shape index (κ1) is 12.3. The number of imide groups is 1. The number of piperazine rings is 1. The third-order valence-corrected chi connectivity index (χ3v) is 3.05. The van der Waals surface area contributed by atoms with Crippen LogP contribution in [0.2, 0.25) is 0 Å². The fourth-order valence-electron chi connectivity index (χ4n) is 2.03. The van der Waals surface area contributed by atoms with E-state index in [4.69, 9.17) is 5.73 Å². The molecule has 2 rings (SSSR count). The van der Waals surface area contributed by atoms with Gasteiger partial charge in [0, 0.05) is 0 Å². The first-order chi connectivity index (χ1) is 8.52. The van der Waals surface area contributed by atoms with Crippen LogP contribution in [0, 0.1) is 6.92 Å². The molecule has 1 unspecified atom stereocenters. The monoisotopic (exact) mass is 248 g/mol. The average Bonchev–Trinajstić information content (AvgIpc) is 2.32. The normalized spacial score (nSPS) is 19.9. The van der Waals surface area contributed by atoms with E-state index >= 15 is 0 Å². The summed E-state index contributed by atoms with van der Waals surface area (Å²) in [5.74, 6) is 0.0303. The number of nitrogen functional groups attached to an aromatic ring is 1. The molecule has 1 atom stereocenters. The van der Waals surface area contributed by atoms with Gasteiger partial charge >= 0.3 is 0 Å². The third kappa shape index (κ3) is 2.13. The van der Waals surface area contributed by atoms with Crippen LogP contribution in [0.15, 0.2) is 12.1 Å². The van der Waals surface area contributed by atoms with Crippen molar-refractivity contribution in [3.05, 3.63) is 17.8 Å². The summed E-state index contributed by atoms with van der Waals surface area (Å²) in [6.45, 7) is 3.84. The maximum Gasteiger partial charge on any atom is 0.249 e. The van der Waals surface area contributed by atoms with Crippen LogP contribution in [-0.4, -0.2) is 29.4 Å². The van der Waals surface area contributed by atoms with Crippen molar-refractivity contribution in [1.29, 1.82) is 0 Å². The molecule has 18 heavy (non-hydrogen) atoms. The molecule has 1 fully saturated rings. The molecule has 1 aliphatic heterocycles. The number of pyridine rings is 1. The summed E-state index contributed by atoms with van der Waals surface area (Å²) in [5, 5.41) is 2.33. The first-order valence-electron chi connectivity index (χ1n) is 5.86. The van der Waals surface area contributed by atoms with E-state index < -0.39 is 0 Å². The number of nitrogens with two attached hydrogens (primary N) is 1. The van der Waals surface area contributed by atoms with Crippen molar-refractivity contribution in [1.82, 2.24) is 10.3 Å². The Bertz CT molecular complexity index is 501. The van der Waals surface area contributed by atoms with Gasteiger partial charge in [-0.2, -0.15) is 0 Å². The molecule has 0 radical (unpaired) electrons. The number of hydrogen-bond acceptors (Lipinski definition) is 5. The average molecular weight is 248 g/mol. The number of aryl methyl sites for hydroxylation is 1. The lowest BCUT2D eigenvalue weighted by molar-refractivity contribution is -0.132. The fourth-order valence-corrected chi connectivity index (χ4v) is 2.03. The largest absolute Gasteiger partial charge is 0.397 e. The zero-order chi connectivity index (χ0) is 13.3. The second kappa shape index (κ2) is 4.64. The molecule has 0 aliphatic carbocycles. The number of carbonyl (C=O) groups is 2. The topological polar surface area (TPSA) is 88.3 Å². The first-order valence-corrected chi connectivity index (χ1v) is 5.86. The Morgan fingerprint density at radius 3 is 2.83 bits per heavy atom. The summed E-state index contributed by atoms with van der Waals surface area (Å²) in [7, 11) is 0. The molecule has 0 bridgehead atoms. The second-order valence-corrected chi connectivity index (χ2v) is 4.31. The molecule has 1 saturated heterocycles. The Kier molecular flexibility index (Phi) is 3.18. The summed E-state index contributed by atoms with van der Waals surface area (Å²) < 4.78 is 0. The van der Waals surface area contributed by atoms with Gasteiger partial charge in [-0.05, 0) is 25.5 Å². The maximum absolute atomic E-state index is 11.7. The Labute approximate surface area is 105 Å². The lowest BCUT2D eigenvalue weighted by atomic mass is 10.1. The zero-order valence-electron chi connectivity index (χ0n) is 10.4. The number of anilines is 2. The highest BCUT2D eigenvalue weighted by atomic mass is 16.2. The molecule has 3 N–H and O–H groups in total. The van der Waals surface area contributed by atoms with Gasteiger partial charge in [0.1, 0.15) is 11.9 Å². The Hall–Kier alpha value is -2.11. The molecule has 0 spiro atoms. The fraction of sp³-hybridized carbons (Fsp3) is 0.417. The van der Waals surface area contributed by atoms with Crippen LogP contribution in [-0.2, 0) is 9.59 Å². The minimum atomic E-state index is -0.363. The number of aromatic nitrogens is 1. The second-order valence-electron chi connectivity index (χ2n) is 4.31. The lowest BCUT2D eigenvalue weighted by Crippen LogP contribution is -2.58. The minimum absolute atomic E-state index is 0.139.